The molecule has 2 heterocycles. The summed E-state index contributed by atoms with van der Waals surface area (Å²) in [4.78, 5) is 31.2. The molecule has 230 valence electrons. The van der Waals surface area contributed by atoms with Crippen LogP contribution in [0.15, 0.2) is 42.5 Å². The van der Waals surface area contributed by atoms with Gasteiger partial charge in [0.15, 0.2) is 24.0 Å². The molecule has 1 fully saturated rings. The molecule has 0 spiro atoms. The number of aliphatic carboxylic acids is 1. The number of hydrogen-bond donors (Lipinski definition) is 1. The van der Waals surface area contributed by atoms with Crippen molar-refractivity contribution in [3.05, 3.63) is 76.1 Å². The summed E-state index contributed by atoms with van der Waals surface area (Å²) in [6.07, 6.45) is 1.09. The number of rotatable bonds is 10. The Morgan fingerprint density at radius 2 is 1.79 bits per heavy atom. The van der Waals surface area contributed by atoms with Crippen LogP contribution < -0.4 is 9.64 Å². The molecule has 1 atom stereocenters. The maximum Gasteiger partial charge on any atom is 0.337 e. The van der Waals surface area contributed by atoms with Gasteiger partial charge in [0.25, 0.3) is 0 Å². The summed E-state index contributed by atoms with van der Waals surface area (Å²) < 4.78 is 40.3. The second kappa shape index (κ2) is 13.0. The molecule has 1 N–H and O–H groups in total. The second-order valence-electron chi connectivity index (χ2n) is 12.5. The summed E-state index contributed by atoms with van der Waals surface area (Å²) in [6, 6.07) is 10.3. The van der Waals surface area contributed by atoms with E-state index in [9.17, 15) is 19.1 Å². The summed E-state index contributed by atoms with van der Waals surface area (Å²) in [5.74, 6) is -2.27. The standard InChI is InChI=1S/C33H37ClF2N2O5/c1-32(2,3)43-29(31(40)41)27-28(38-15-13-33(4,5)14-16-38)26(24(19-39)37-30(27)34)21-8-11-25(23(36)18-21)42-17-12-20-6-9-22(35)10-7-20/h6-11,18-19,29H,12-17H2,1-5H3,(H,40,41). The highest BCUT2D eigenvalue weighted by Gasteiger charge is 2.37. The zero-order chi connectivity index (χ0) is 31.5. The normalized spacial score (nSPS) is 15.7. The quantitative estimate of drug-likeness (QED) is 0.185. The summed E-state index contributed by atoms with van der Waals surface area (Å²) in [5, 5.41) is 10.1. The molecule has 0 aliphatic carbocycles. The van der Waals surface area contributed by atoms with E-state index in [2.05, 4.69) is 18.8 Å². The highest BCUT2D eigenvalue weighted by atomic mass is 35.5. The molecule has 0 radical (unpaired) electrons. The molecule has 1 aliphatic heterocycles. The molecule has 1 aliphatic rings. The van der Waals surface area contributed by atoms with Gasteiger partial charge < -0.3 is 19.5 Å². The minimum absolute atomic E-state index is 0.00131. The maximum absolute atomic E-state index is 15.5. The van der Waals surface area contributed by atoms with Crippen molar-refractivity contribution in [2.75, 3.05) is 24.6 Å². The smallest absolute Gasteiger partial charge is 0.337 e. The number of carboxylic acids is 1. The predicted octanol–water partition coefficient (Wildman–Crippen LogP) is 7.68. The third-order valence-electron chi connectivity index (χ3n) is 7.47. The number of ether oxygens (including phenoxy) is 2. The number of halogens is 3. The number of aldehydes is 1. The van der Waals surface area contributed by atoms with E-state index in [-0.39, 0.29) is 45.6 Å². The topological polar surface area (TPSA) is 89.0 Å². The molecule has 1 unspecified atom stereocenters. The van der Waals surface area contributed by atoms with Crippen molar-refractivity contribution in [3.63, 3.8) is 0 Å². The van der Waals surface area contributed by atoms with Gasteiger partial charge in [-0.05, 0) is 74.4 Å². The van der Waals surface area contributed by atoms with Crippen molar-refractivity contribution < 1.29 is 33.0 Å². The van der Waals surface area contributed by atoms with E-state index >= 15 is 4.39 Å². The van der Waals surface area contributed by atoms with Crippen LogP contribution in [-0.4, -0.2) is 47.6 Å². The minimum Gasteiger partial charge on any atom is -0.490 e. The first-order valence-electron chi connectivity index (χ1n) is 14.2. The second-order valence-corrected chi connectivity index (χ2v) is 12.9. The minimum atomic E-state index is -1.50. The average Bonchev–Trinajstić information content (AvgIpc) is 2.93. The SMILES string of the molecule is CC1(C)CCN(c2c(-c3ccc(OCCc4ccc(F)cc4)c(F)c3)c(C=O)nc(Cl)c2C(OC(C)(C)C)C(=O)O)CC1. The van der Waals surface area contributed by atoms with Crippen LogP contribution in [0.2, 0.25) is 5.15 Å². The Labute approximate surface area is 255 Å². The number of nitrogens with zero attached hydrogens (tertiary/aromatic N) is 2. The van der Waals surface area contributed by atoms with Gasteiger partial charge in [-0.25, -0.2) is 18.6 Å². The van der Waals surface area contributed by atoms with Crippen LogP contribution in [0.3, 0.4) is 0 Å². The number of hydrogen-bond acceptors (Lipinski definition) is 6. The summed E-state index contributed by atoms with van der Waals surface area (Å²) in [7, 11) is 0. The van der Waals surface area contributed by atoms with E-state index in [4.69, 9.17) is 21.1 Å². The van der Waals surface area contributed by atoms with E-state index in [1.54, 1.807) is 39.0 Å². The summed E-state index contributed by atoms with van der Waals surface area (Å²) in [5.41, 5.74) is 1.10. The van der Waals surface area contributed by atoms with Crippen LogP contribution in [-0.2, 0) is 16.0 Å². The van der Waals surface area contributed by atoms with Crippen molar-refractivity contribution in [1.29, 1.82) is 0 Å². The van der Waals surface area contributed by atoms with Crippen LogP contribution in [0, 0.1) is 17.0 Å². The number of carbonyl (C=O) groups is 2. The van der Waals surface area contributed by atoms with Crippen molar-refractivity contribution >= 4 is 29.5 Å². The lowest BCUT2D eigenvalue weighted by Gasteiger charge is -2.41. The van der Waals surface area contributed by atoms with Gasteiger partial charge in [0.2, 0.25) is 0 Å². The van der Waals surface area contributed by atoms with Crippen LogP contribution in [0.1, 0.15) is 75.2 Å². The Hall–Kier alpha value is -3.56. The highest BCUT2D eigenvalue weighted by Crippen LogP contribution is 2.46. The fourth-order valence-corrected chi connectivity index (χ4v) is 5.41. The van der Waals surface area contributed by atoms with Crippen LogP contribution in [0.4, 0.5) is 14.5 Å². The van der Waals surface area contributed by atoms with Crippen molar-refractivity contribution in [3.8, 4) is 16.9 Å². The number of aromatic nitrogens is 1. The van der Waals surface area contributed by atoms with Crippen molar-refractivity contribution in [1.82, 2.24) is 4.98 Å². The maximum atomic E-state index is 15.5. The predicted molar refractivity (Wildman–Crippen MR) is 162 cm³/mol. The molecule has 43 heavy (non-hydrogen) atoms. The largest absolute Gasteiger partial charge is 0.490 e. The van der Waals surface area contributed by atoms with E-state index in [0.29, 0.717) is 37.0 Å². The van der Waals surface area contributed by atoms with E-state index in [1.807, 2.05) is 4.90 Å². The molecule has 0 amide bonds. The molecule has 1 saturated heterocycles. The number of carbonyl (C=O) groups excluding carboxylic acids is 1. The number of anilines is 1. The lowest BCUT2D eigenvalue weighted by Crippen LogP contribution is -2.39. The Morgan fingerprint density at radius 1 is 1.14 bits per heavy atom. The van der Waals surface area contributed by atoms with Gasteiger partial charge in [0, 0.05) is 25.1 Å². The third-order valence-corrected chi connectivity index (χ3v) is 7.76. The fraction of sp³-hybridized carbons (Fsp3) is 0.424. The molecule has 3 aromatic rings. The zero-order valence-electron chi connectivity index (χ0n) is 25.0. The molecular weight excluding hydrogens is 578 g/mol. The molecule has 0 saturated carbocycles. The van der Waals surface area contributed by atoms with Crippen LogP contribution >= 0.6 is 11.6 Å². The van der Waals surface area contributed by atoms with Crippen LogP contribution in [0.25, 0.3) is 11.1 Å². The Kier molecular flexibility index (Phi) is 9.76. The zero-order valence-corrected chi connectivity index (χ0v) is 25.8. The number of benzene rings is 2. The van der Waals surface area contributed by atoms with Gasteiger partial charge in [-0.3, -0.25) is 4.79 Å². The third kappa shape index (κ3) is 7.89. The monoisotopic (exact) mass is 614 g/mol. The first kappa shape index (κ1) is 32.4. The van der Waals surface area contributed by atoms with Gasteiger partial charge >= 0.3 is 5.97 Å². The molecule has 2 aromatic carbocycles. The molecule has 1 aromatic heterocycles. The Balaban J connectivity index is 1.80. The fourth-order valence-electron chi connectivity index (χ4n) is 5.13. The lowest BCUT2D eigenvalue weighted by atomic mass is 9.82. The van der Waals surface area contributed by atoms with Gasteiger partial charge in [-0.1, -0.05) is 43.6 Å². The van der Waals surface area contributed by atoms with Gasteiger partial charge in [-0.15, -0.1) is 0 Å². The van der Waals surface area contributed by atoms with E-state index in [0.717, 1.165) is 18.4 Å². The first-order chi connectivity index (χ1) is 20.2. The van der Waals surface area contributed by atoms with E-state index < -0.39 is 23.5 Å². The number of pyridine rings is 1. The lowest BCUT2D eigenvalue weighted by molar-refractivity contribution is -0.160. The van der Waals surface area contributed by atoms with E-state index in [1.165, 1.54) is 24.3 Å². The molecule has 10 heteroatoms. The van der Waals surface area contributed by atoms with Gasteiger partial charge in [-0.2, -0.15) is 0 Å². The number of piperidine rings is 1. The highest BCUT2D eigenvalue weighted by molar-refractivity contribution is 6.31. The Morgan fingerprint density at radius 3 is 2.35 bits per heavy atom. The van der Waals surface area contributed by atoms with Crippen molar-refractivity contribution in [2.24, 2.45) is 5.41 Å². The first-order valence-corrected chi connectivity index (χ1v) is 14.6. The summed E-state index contributed by atoms with van der Waals surface area (Å²) in [6.45, 7) is 10.8. The van der Waals surface area contributed by atoms with Crippen molar-refractivity contribution in [2.45, 2.75) is 65.6 Å². The molecule has 4 rings (SSSR count). The Bertz CT molecular complexity index is 1480. The number of carboxylic acid groups (broad SMARTS) is 1. The molecule has 0 bridgehead atoms. The summed E-state index contributed by atoms with van der Waals surface area (Å²) >= 11 is 6.63. The van der Waals surface area contributed by atoms with Gasteiger partial charge in [0.1, 0.15) is 16.7 Å². The molecule has 7 nitrogen and oxygen atoms in total. The van der Waals surface area contributed by atoms with Gasteiger partial charge in [0.05, 0.1) is 23.5 Å². The average molecular weight is 615 g/mol. The molecular formula is C33H37ClF2N2O5. The van der Waals surface area contributed by atoms with Crippen LogP contribution in [0.5, 0.6) is 5.75 Å².